The van der Waals surface area contributed by atoms with Crippen LogP contribution in [0.2, 0.25) is 0 Å². The number of aliphatic hydroxyl groups excluding tert-OH is 2. The molecule has 1 aliphatic rings. The number of hydrogen-bond acceptors (Lipinski definition) is 5. The molecule has 0 aromatic heterocycles. The first-order valence-electron chi connectivity index (χ1n) is 11.8. The predicted octanol–water partition coefficient (Wildman–Crippen LogP) is 4.03. The van der Waals surface area contributed by atoms with E-state index in [0.717, 1.165) is 11.0 Å². The normalized spacial score (nSPS) is 16.9. The van der Waals surface area contributed by atoms with Crippen LogP contribution in [0.25, 0.3) is 5.57 Å². The van der Waals surface area contributed by atoms with Crippen LogP contribution in [0.4, 0.5) is 27.6 Å². The monoisotopic (exact) mass is 542 g/mol. The number of alkyl halides is 5. The van der Waals surface area contributed by atoms with E-state index in [4.69, 9.17) is 9.84 Å². The fraction of sp³-hybridized carbons (Fsp3) is 0.385. The average molecular weight is 543 g/mol. The highest BCUT2D eigenvalue weighted by Crippen LogP contribution is 2.44. The van der Waals surface area contributed by atoms with Crippen LogP contribution in [-0.2, 0) is 11.0 Å². The number of carbonyl (C=O) groups excluding carboxylic acids is 2. The summed E-state index contributed by atoms with van der Waals surface area (Å²) in [6.45, 7) is 0.269. The van der Waals surface area contributed by atoms with Crippen LogP contribution in [-0.4, -0.2) is 60.4 Å². The molecule has 3 rings (SSSR count). The largest absolute Gasteiger partial charge is 0.494 e. The maximum absolute atomic E-state index is 15.2. The first kappa shape index (κ1) is 29.1. The molecule has 206 valence electrons. The summed E-state index contributed by atoms with van der Waals surface area (Å²) in [6, 6.07) is 8.25. The van der Waals surface area contributed by atoms with Crippen molar-refractivity contribution >= 4 is 23.1 Å². The van der Waals surface area contributed by atoms with Gasteiger partial charge in [0.25, 0.3) is 11.8 Å². The van der Waals surface area contributed by atoms with Gasteiger partial charge in [0.05, 0.1) is 36.1 Å². The van der Waals surface area contributed by atoms with Gasteiger partial charge in [-0.05, 0) is 30.7 Å². The lowest BCUT2D eigenvalue weighted by molar-refractivity contribution is -0.138. The molecule has 0 saturated heterocycles. The Morgan fingerprint density at radius 2 is 1.92 bits per heavy atom. The van der Waals surface area contributed by atoms with Gasteiger partial charge in [-0.1, -0.05) is 25.1 Å². The van der Waals surface area contributed by atoms with Crippen LogP contribution in [0.3, 0.4) is 0 Å². The number of nitrogens with one attached hydrogen (secondary N) is 1. The molecule has 0 aliphatic carbocycles. The lowest BCUT2D eigenvalue weighted by Crippen LogP contribution is -2.34. The van der Waals surface area contributed by atoms with E-state index in [9.17, 15) is 27.9 Å². The summed E-state index contributed by atoms with van der Waals surface area (Å²) in [6.07, 6.45) is -6.01. The molecule has 0 saturated carbocycles. The second-order valence-corrected chi connectivity index (χ2v) is 8.62. The van der Waals surface area contributed by atoms with E-state index in [2.05, 4.69) is 5.32 Å². The first-order chi connectivity index (χ1) is 17.9. The van der Waals surface area contributed by atoms with Crippen LogP contribution < -0.4 is 15.0 Å². The summed E-state index contributed by atoms with van der Waals surface area (Å²) in [4.78, 5) is 26.6. The molecule has 0 bridgehead atoms. The van der Waals surface area contributed by atoms with Crippen molar-refractivity contribution < 1.29 is 46.5 Å². The smallest absolute Gasteiger partial charge is 0.417 e. The Morgan fingerprint density at radius 1 is 1.21 bits per heavy atom. The SMILES string of the molecule is CCCOc1ccc(C(=O)N2CCC(F)(F)C(=CC(=O)NC[C@H](O)CO)c3ccccc32)c(C(F)(F)F)c1. The summed E-state index contributed by atoms with van der Waals surface area (Å²) in [7, 11) is 0. The molecule has 1 atom stereocenters. The average Bonchev–Trinajstić information content (AvgIpc) is 2.98. The number of aliphatic hydroxyl groups is 2. The number of allylic oxidation sites excluding steroid dienone is 1. The summed E-state index contributed by atoms with van der Waals surface area (Å²) >= 11 is 0. The molecule has 2 amide bonds. The van der Waals surface area contributed by atoms with Crippen LogP contribution in [0.5, 0.6) is 5.75 Å². The number of anilines is 1. The number of halogens is 5. The Bertz CT molecular complexity index is 1200. The lowest BCUT2D eigenvalue weighted by atomic mass is 9.97. The van der Waals surface area contributed by atoms with Gasteiger partial charge in [-0.2, -0.15) is 13.2 Å². The number of ether oxygens (including phenoxy) is 1. The van der Waals surface area contributed by atoms with Crippen LogP contribution in [0, 0.1) is 0 Å². The summed E-state index contributed by atoms with van der Waals surface area (Å²) in [5, 5.41) is 20.5. The van der Waals surface area contributed by atoms with Gasteiger partial charge >= 0.3 is 6.18 Å². The summed E-state index contributed by atoms with van der Waals surface area (Å²) < 4.78 is 77.5. The highest BCUT2D eigenvalue weighted by Gasteiger charge is 2.43. The molecular formula is C26H27F5N2O5. The van der Waals surface area contributed by atoms with Crippen molar-refractivity contribution in [2.45, 2.75) is 38.0 Å². The van der Waals surface area contributed by atoms with E-state index in [-0.39, 0.29) is 23.6 Å². The molecule has 2 aromatic rings. The molecule has 38 heavy (non-hydrogen) atoms. The Morgan fingerprint density at radius 3 is 2.58 bits per heavy atom. The van der Waals surface area contributed by atoms with Gasteiger partial charge in [0.1, 0.15) is 5.75 Å². The van der Waals surface area contributed by atoms with E-state index in [1.54, 1.807) is 6.92 Å². The number of hydrogen-bond donors (Lipinski definition) is 3. The summed E-state index contributed by atoms with van der Waals surface area (Å²) in [5.74, 6) is -5.83. The number of para-hydroxylation sites is 1. The van der Waals surface area contributed by atoms with E-state index in [1.807, 2.05) is 0 Å². The van der Waals surface area contributed by atoms with Gasteiger partial charge in [-0.3, -0.25) is 9.59 Å². The van der Waals surface area contributed by atoms with Crippen LogP contribution >= 0.6 is 0 Å². The maximum Gasteiger partial charge on any atom is 0.417 e. The molecule has 1 aliphatic heterocycles. The molecular weight excluding hydrogens is 515 g/mol. The third kappa shape index (κ3) is 6.67. The van der Waals surface area contributed by atoms with E-state index in [1.165, 1.54) is 30.3 Å². The Kier molecular flexibility index (Phi) is 9.10. The minimum Gasteiger partial charge on any atom is -0.494 e. The van der Waals surface area contributed by atoms with Gasteiger partial charge in [-0.25, -0.2) is 8.78 Å². The number of fused-ring (bicyclic) bond motifs is 1. The fourth-order valence-electron chi connectivity index (χ4n) is 3.90. The van der Waals surface area contributed by atoms with Crippen LogP contribution in [0.15, 0.2) is 48.5 Å². The minimum absolute atomic E-state index is 0.0823. The zero-order valence-electron chi connectivity index (χ0n) is 20.4. The van der Waals surface area contributed by atoms with Crippen molar-refractivity contribution in [3.63, 3.8) is 0 Å². The first-order valence-corrected chi connectivity index (χ1v) is 11.8. The molecule has 1 heterocycles. The highest BCUT2D eigenvalue weighted by molar-refractivity contribution is 6.10. The zero-order chi connectivity index (χ0) is 28.1. The topological polar surface area (TPSA) is 99.1 Å². The molecule has 0 radical (unpaired) electrons. The molecule has 0 unspecified atom stereocenters. The minimum atomic E-state index is -4.92. The van der Waals surface area contributed by atoms with Gasteiger partial charge in [0.15, 0.2) is 0 Å². The van der Waals surface area contributed by atoms with Gasteiger partial charge < -0.3 is 25.2 Å². The van der Waals surface area contributed by atoms with Crippen LogP contribution in [0.1, 0.15) is 41.3 Å². The second kappa shape index (κ2) is 11.9. The Balaban J connectivity index is 2.05. The van der Waals surface area contributed by atoms with Gasteiger partial charge in [0, 0.05) is 36.7 Å². The van der Waals surface area contributed by atoms with Crippen molar-refractivity contribution in [2.75, 3.05) is 31.2 Å². The number of carbonyl (C=O) groups is 2. The quantitative estimate of drug-likeness (QED) is 0.346. The maximum atomic E-state index is 15.2. The molecule has 0 spiro atoms. The zero-order valence-corrected chi connectivity index (χ0v) is 20.4. The second-order valence-electron chi connectivity index (χ2n) is 8.62. The van der Waals surface area contributed by atoms with Crippen molar-refractivity contribution in [1.29, 1.82) is 0 Å². The molecule has 7 nitrogen and oxygen atoms in total. The van der Waals surface area contributed by atoms with Crippen molar-refractivity contribution in [3.05, 3.63) is 65.2 Å². The lowest BCUT2D eigenvalue weighted by Gasteiger charge is -2.24. The standard InChI is InChI=1S/C26H27F5N2O5/c1-2-11-38-17-7-8-19(21(12-17)26(29,30)31)24(37)33-10-9-25(27,28)20(18-5-3-4-6-22(18)33)13-23(36)32-14-16(35)15-34/h3-8,12-13,16,34-35H,2,9-11,14-15H2,1H3,(H,32,36)/t16-/m0/s1. The van der Waals surface area contributed by atoms with Gasteiger partial charge in [0.2, 0.25) is 5.91 Å². The highest BCUT2D eigenvalue weighted by atomic mass is 19.4. The van der Waals surface area contributed by atoms with E-state index < -0.39 is 72.8 Å². The molecule has 0 fully saturated rings. The molecule has 3 N–H and O–H groups in total. The van der Waals surface area contributed by atoms with Crippen molar-refractivity contribution in [3.8, 4) is 5.75 Å². The number of nitrogens with zero attached hydrogens (tertiary/aromatic N) is 1. The third-order valence-electron chi connectivity index (χ3n) is 5.77. The van der Waals surface area contributed by atoms with Crippen molar-refractivity contribution in [1.82, 2.24) is 5.32 Å². The Labute approximate surface area is 215 Å². The predicted molar refractivity (Wildman–Crippen MR) is 129 cm³/mol. The van der Waals surface area contributed by atoms with E-state index >= 15 is 8.78 Å². The summed E-state index contributed by atoms with van der Waals surface area (Å²) in [5.41, 5.74) is -3.04. The number of rotatable bonds is 8. The van der Waals surface area contributed by atoms with E-state index in [0.29, 0.717) is 18.6 Å². The van der Waals surface area contributed by atoms with Crippen molar-refractivity contribution in [2.24, 2.45) is 0 Å². The Hall–Kier alpha value is -3.51. The molecule has 2 aromatic carbocycles. The third-order valence-corrected chi connectivity index (χ3v) is 5.77. The number of benzene rings is 2. The van der Waals surface area contributed by atoms with Gasteiger partial charge in [-0.15, -0.1) is 0 Å². The fourth-order valence-corrected chi connectivity index (χ4v) is 3.90. The number of amides is 2. The molecule has 12 heteroatoms.